The molecule has 2 unspecified atom stereocenters. The highest BCUT2D eigenvalue weighted by Gasteiger charge is 2.53. The highest BCUT2D eigenvalue weighted by molar-refractivity contribution is 5.38. The van der Waals surface area contributed by atoms with Crippen LogP contribution < -0.4 is 9.80 Å². The maximum absolute atomic E-state index is 14.1. The Morgan fingerprint density at radius 3 is 1.32 bits per heavy atom. The van der Waals surface area contributed by atoms with E-state index in [9.17, 15) is 8.78 Å². The number of likely N-dealkylation sites (tertiary alicyclic amines) is 2. The summed E-state index contributed by atoms with van der Waals surface area (Å²) in [7, 11) is 0. The second-order valence-corrected chi connectivity index (χ2v) is 19.1. The van der Waals surface area contributed by atoms with Gasteiger partial charge in [0.15, 0.2) is 0 Å². The van der Waals surface area contributed by atoms with Gasteiger partial charge >= 0.3 is 12.0 Å². The molecule has 0 bridgehead atoms. The molecule has 0 amide bonds. The molecule has 8 aliphatic heterocycles. The topological polar surface area (TPSA) is 128 Å². The van der Waals surface area contributed by atoms with Crippen LogP contribution in [0.2, 0.25) is 0 Å². The Bertz CT molecular complexity index is 1960. The zero-order valence-corrected chi connectivity index (χ0v) is 35.4. The zero-order valence-electron chi connectivity index (χ0n) is 35.4. The van der Waals surface area contributed by atoms with Gasteiger partial charge in [-0.2, -0.15) is 0 Å². The van der Waals surface area contributed by atoms with E-state index in [1.54, 1.807) is 24.3 Å². The summed E-state index contributed by atoms with van der Waals surface area (Å²) in [5, 5.41) is 15.5. The molecule has 2 aromatic heterocycles. The number of nitrogens with zero attached hydrogens (tertiary/aromatic N) is 8. The predicted molar refractivity (Wildman–Crippen MR) is 223 cm³/mol. The molecular weight excluding hydrogens is 799 g/mol. The van der Waals surface area contributed by atoms with Gasteiger partial charge < -0.3 is 37.6 Å². The largest absolute Gasteiger partial charge is 0.411 e. The van der Waals surface area contributed by atoms with Crippen molar-refractivity contribution in [2.75, 3.05) is 102 Å². The summed E-state index contributed by atoms with van der Waals surface area (Å²) in [6.07, 6.45) is 11.2. The lowest BCUT2D eigenvalue weighted by molar-refractivity contribution is -0.0217. The monoisotopic (exact) mass is 856 g/mol. The first-order valence-electron chi connectivity index (χ1n) is 22.9. The summed E-state index contributed by atoms with van der Waals surface area (Å²) < 4.78 is 62.5. The Hall–Kier alpha value is -4.06. The van der Waals surface area contributed by atoms with Crippen LogP contribution in [0.25, 0.3) is 0 Å². The third kappa shape index (κ3) is 8.15. The number of benzene rings is 2. The number of anilines is 2. The van der Waals surface area contributed by atoms with E-state index in [0.717, 1.165) is 143 Å². The molecule has 62 heavy (non-hydrogen) atoms. The van der Waals surface area contributed by atoms with E-state index in [2.05, 4.69) is 40.0 Å². The standard InChI is InChI=1S/2C23H29FN4O3/c2*24-18-1-2-20(17-5-8-29-11-17)21(9-18)16-3-6-27(7-4-16)19-10-23(31-12-19)13-28(14-23)22-26-25-15-30-22/h2*1-2,9,15-17,19H,3-8,10-14H2/t2*17?,19-/m00/s1. The van der Waals surface area contributed by atoms with Gasteiger partial charge in [0.2, 0.25) is 12.8 Å². The van der Waals surface area contributed by atoms with Crippen molar-refractivity contribution in [1.82, 2.24) is 30.2 Å². The van der Waals surface area contributed by atoms with Gasteiger partial charge in [-0.25, -0.2) is 8.78 Å². The Labute approximate surface area is 361 Å². The van der Waals surface area contributed by atoms with Crippen molar-refractivity contribution in [1.29, 1.82) is 0 Å². The van der Waals surface area contributed by atoms with Crippen molar-refractivity contribution in [3.8, 4) is 0 Å². The van der Waals surface area contributed by atoms with E-state index < -0.39 is 0 Å². The predicted octanol–water partition coefficient (Wildman–Crippen LogP) is 5.88. The molecule has 0 saturated carbocycles. The molecule has 16 heteroatoms. The molecule has 8 aliphatic rings. The van der Waals surface area contributed by atoms with Crippen LogP contribution in [-0.2, 0) is 18.9 Å². The molecule has 8 saturated heterocycles. The molecule has 10 heterocycles. The smallest absolute Gasteiger partial charge is 0.318 e. The van der Waals surface area contributed by atoms with Crippen LogP contribution >= 0.6 is 0 Å². The number of halogens is 2. The minimum Gasteiger partial charge on any atom is -0.411 e. The van der Waals surface area contributed by atoms with Crippen LogP contribution in [0.15, 0.2) is 58.0 Å². The Balaban J connectivity index is 0.000000139. The zero-order chi connectivity index (χ0) is 41.7. The fourth-order valence-electron chi connectivity index (χ4n) is 12.0. The normalized spacial score (nSPS) is 29.0. The van der Waals surface area contributed by atoms with Crippen LogP contribution in [0.1, 0.15) is 97.3 Å². The second kappa shape index (κ2) is 17.1. The van der Waals surface area contributed by atoms with E-state index in [4.69, 9.17) is 27.8 Å². The number of rotatable bonds is 8. The van der Waals surface area contributed by atoms with Gasteiger partial charge in [0, 0.05) is 37.1 Å². The molecule has 4 aromatic rings. The van der Waals surface area contributed by atoms with Crippen LogP contribution in [0.5, 0.6) is 0 Å². The van der Waals surface area contributed by atoms with Gasteiger partial charge in [-0.1, -0.05) is 22.3 Å². The van der Waals surface area contributed by atoms with Crippen molar-refractivity contribution < 1.29 is 36.6 Å². The van der Waals surface area contributed by atoms with Gasteiger partial charge in [-0.15, -0.1) is 10.2 Å². The summed E-state index contributed by atoms with van der Waals surface area (Å²) in [5.74, 6) is 1.43. The van der Waals surface area contributed by atoms with E-state index >= 15 is 0 Å². The lowest BCUT2D eigenvalue weighted by Gasteiger charge is -2.46. The Kier molecular flexibility index (Phi) is 11.3. The number of hydrogen-bond donors (Lipinski definition) is 0. The maximum Gasteiger partial charge on any atom is 0.318 e. The summed E-state index contributed by atoms with van der Waals surface area (Å²) in [5.41, 5.74) is 4.88. The number of aromatic nitrogens is 4. The average molecular weight is 857 g/mol. The third-order valence-electron chi connectivity index (χ3n) is 15.3. The Morgan fingerprint density at radius 1 is 0.516 bits per heavy atom. The van der Waals surface area contributed by atoms with Crippen molar-refractivity contribution in [3.05, 3.63) is 83.1 Å². The first kappa shape index (κ1) is 40.7. The summed E-state index contributed by atoms with van der Waals surface area (Å²) >= 11 is 0. The molecular formula is C46H58F2N8O6. The van der Waals surface area contributed by atoms with Crippen LogP contribution in [0.4, 0.5) is 20.8 Å². The fraction of sp³-hybridized carbons (Fsp3) is 0.652. The van der Waals surface area contributed by atoms with Gasteiger partial charge in [-0.05, 0) is 136 Å². The quantitative estimate of drug-likeness (QED) is 0.209. The maximum atomic E-state index is 14.1. The van der Waals surface area contributed by atoms with Crippen molar-refractivity contribution >= 4 is 12.0 Å². The molecule has 2 spiro atoms. The first-order valence-corrected chi connectivity index (χ1v) is 22.9. The van der Waals surface area contributed by atoms with E-state index in [1.807, 2.05) is 12.1 Å². The molecule has 2 aromatic carbocycles. The van der Waals surface area contributed by atoms with Crippen LogP contribution in [0.3, 0.4) is 0 Å². The Morgan fingerprint density at radius 2 is 0.952 bits per heavy atom. The third-order valence-corrected chi connectivity index (χ3v) is 15.3. The van der Waals surface area contributed by atoms with Crippen molar-refractivity contribution in [2.45, 2.75) is 98.3 Å². The lowest BCUT2D eigenvalue weighted by atomic mass is 9.81. The highest BCUT2D eigenvalue weighted by atomic mass is 19.1. The summed E-state index contributed by atoms with van der Waals surface area (Å²) in [6, 6.07) is 12.9. The second-order valence-electron chi connectivity index (χ2n) is 19.1. The SMILES string of the molecule is Fc1ccc(C2CCOC2)c(C2CCN([C@@H]3COC4(C3)CN(c3nnco3)C4)CC2)c1.Fc1ccc(C2CCOC2)c(C2CCN([C@@H]3COC4(C3)CN(c3nnco3)C4)CC2)c1. The van der Waals surface area contributed by atoms with Crippen molar-refractivity contribution in [3.63, 3.8) is 0 Å². The van der Waals surface area contributed by atoms with Crippen molar-refractivity contribution in [2.24, 2.45) is 0 Å². The molecule has 332 valence electrons. The number of ether oxygens (including phenoxy) is 4. The summed E-state index contributed by atoms with van der Waals surface area (Å²) in [6.45, 7) is 12.2. The van der Waals surface area contributed by atoms with Gasteiger partial charge in [0.1, 0.15) is 22.8 Å². The molecule has 0 radical (unpaired) electrons. The molecule has 0 N–H and O–H groups in total. The molecule has 12 rings (SSSR count). The molecule has 14 nitrogen and oxygen atoms in total. The minimum atomic E-state index is -0.123. The molecule has 8 fully saturated rings. The molecule has 4 atom stereocenters. The van der Waals surface area contributed by atoms with Gasteiger partial charge in [0.25, 0.3) is 0 Å². The van der Waals surface area contributed by atoms with Crippen LogP contribution in [-0.4, -0.2) is 145 Å². The average Bonchev–Trinajstić information content (AvgIpc) is 4.13. The fourth-order valence-corrected chi connectivity index (χ4v) is 12.0. The summed E-state index contributed by atoms with van der Waals surface area (Å²) in [4.78, 5) is 9.33. The number of hydrogen-bond acceptors (Lipinski definition) is 14. The van der Waals surface area contributed by atoms with E-state index in [1.165, 1.54) is 35.0 Å². The lowest BCUT2D eigenvalue weighted by Crippen LogP contribution is -2.62. The van der Waals surface area contributed by atoms with Gasteiger partial charge in [-0.3, -0.25) is 9.80 Å². The van der Waals surface area contributed by atoms with Crippen LogP contribution in [0, 0.1) is 11.6 Å². The highest BCUT2D eigenvalue weighted by Crippen LogP contribution is 2.44. The first-order chi connectivity index (χ1) is 30.4. The van der Waals surface area contributed by atoms with E-state index in [0.29, 0.717) is 47.8 Å². The molecule has 0 aliphatic carbocycles. The van der Waals surface area contributed by atoms with E-state index in [-0.39, 0.29) is 22.8 Å². The van der Waals surface area contributed by atoms with Gasteiger partial charge in [0.05, 0.1) is 52.6 Å². The number of piperidine rings is 2. The minimum absolute atomic E-state index is 0.0752.